The van der Waals surface area contributed by atoms with Crippen molar-refractivity contribution in [3.05, 3.63) is 29.0 Å². The van der Waals surface area contributed by atoms with Crippen molar-refractivity contribution in [2.45, 2.75) is 38.5 Å². The maximum absolute atomic E-state index is 11.8. The summed E-state index contributed by atoms with van der Waals surface area (Å²) in [7, 11) is 0. The summed E-state index contributed by atoms with van der Waals surface area (Å²) in [6.45, 7) is 0.748. The number of amides is 1. The highest BCUT2D eigenvalue weighted by molar-refractivity contribution is 6.29. The molecule has 0 unspecified atom stereocenters. The molecule has 0 aromatic carbocycles. The molecule has 18 heavy (non-hydrogen) atoms. The molecule has 1 aliphatic carbocycles. The van der Waals surface area contributed by atoms with E-state index in [0.29, 0.717) is 10.7 Å². The van der Waals surface area contributed by atoms with Crippen molar-refractivity contribution in [2.75, 3.05) is 6.54 Å². The first-order valence-corrected chi connectivity index (χ1v) is 7.03. The molecule has 1 amide bonds. The molecule has 98 valence electrons. The van der Waals surface area contributed by atoms with Crippen LogP contribution in [-0.2, 0) is 0 Å². The largest absolute Gasteiger partial charge is 0.352 e. The standard InChI is InChI=1S/C14H19ClN2O/c15-13-8-7-12(10-17-13)14(18)16-9-3-6-11-4-1-2-5-11/h7-8,10-11H,1-6,9H2,(H,16,18). The molecule has 4 heteroatoms. The SMILES string of the molecule is O=C(NCCCC1CCCC1)c1ccc(Cl)nc1. The summed E-state index contributed by atoms with van der Waals surface area (Å²) in [6, 6.07) is 3.33. The zero-order valence-corrected chi connectivity index (χ0v) is 11.2. The number of aromatic nitrogens is 1. The van der Waals surface area contributed by atoms with Gasteiger partial charge in [0.25, 0.3) is 5.91 Å². The Kier molecular flexibility index (Phi) is 5.00. The smallest absolute Gasteiger partial charge is 0.252 e. The minimum Gasteiger partial charge on any atom is -0.352 e. The van der Waals surface area contributed by atoms with Gasteiger partial charge in [-0.1, -0.05) is 37.3 Å². The Morgan fingerprint density at radius 2 is 2.17 bits per heavy atom. The van der Waals surface area contributed by atoms with Crippen LogP contribution in [0.15, 0.2) is 18.3 Å². The molecule has 1 N–H and O–H groups in total. The molecule has 0 atom stereocenters. The molecule has 1 aromatic rings. The lowest BCUT2D eigenvalue weighted by Crippen LogP contribution is -2.24. The highest BCUT2D eigenvalue weighted by Crippen LogP contribution is 2.28. The van der Waals surface area contributed by atoms with E-state index in [4.69, 9.17) is 11.6 Å². The van der Waals surface area contributed by atoms with Crippen LogP contribution in [0.2, 0.25) is 5.15 Å². The molecule has 1 aliphatic rings. The van der Waals surface area contributed by atoms with E-state index < -0.39 is 0 Å². The van der Waals surface area contributed by atoms with Crippen molar-refractivity contribution >= 4 is 17.5 Å². The minimum atomic E-state index is -0.0643. The Bertz CT molecular complexity index is 385. The fraction of sp³-hybridized carbons (Fsp3) is 0.571. The fourth-order valence-corrected chi connectivity index (χ4v) is 2.62. The van der Waals surface area contributed by atoms with Crippen LogP contribution >= 0.6 is 11.6 Å². The first kappa shape index (κ1) is 13.3. The summed E-state index contributed by atoms with van der Waals surface area (Å²) < 4.78 is 0. The number of rotatable bonds is 5. The number of carbonyl (C=O) groups excluding carboxylic acids is 1. The van der Waals surface area contributed by atoms with Crippen LogP contribution in [0.25, 0.3) is 0 Å². The zero-order valence-electron chi connectivity index (χ0n) is 10.5. The molecule has 1 fully saturated rings. The van der Waals surface area contributed by atoms with Crippen LogP contribution in [0.1, 0.15) is 48.9 Å². The molecule has 0 saturated heterocycles. The summed E-state index contributed by atoms with van der Waals surface area (Å²) >= 11 is 5.67. The van der Waals surface area contributed by atoms with E-state index in [0.717, 1.165) is 18.9 Å². The number of pyridine rings is 1. The van der Waals surface area contributed by atoms with Crippen LogP contribution in [0.4, 0.5) is 0 Å². The van der Waals surface area contributed by atoms with Gasteiger partial charge in [0.1, 0.15) is 5.15 Å². The summed E-state index contributed by atoms with van der Waals surface area (Å²) in [5, 5.41) is 3.33. The van der Waals surface area contributed by atoms with Gasteiger partial charge in [0.05, 0.1) is 5.56 Å². The quantitative estimate of drug-likeness (QED) is 0.655. The van der Waals surface area contributed by atoms with Crippen molar-refractivity contribution in [1.82, 2.24) is 10.3 Å². The lowest BCUT2D eigenvalue weighted by atomic mass is 10.0. The van der Waals surface area contributed by atoms with Crippen LogP contribution in [0.5, 0.6) is 0 Å². The minimum absolute atomic E-state index is 0.0643. The van der Waals surface area contributed by atoms with Crippen LogP contribution in [0.3, 0.4) is 0 Å². The summed E-state index contributed by atoms with van der Waals surface area (Å²) in [5.41, 5.74) is 0.570. The second-order valence-electron chi connectivity index (χ2n) is 4.92. The molecule has 3 nitrogen and oxygen atoms in total. The third-order valence-electron chi connectivity index (χ3n) is 3.54. The average molecular weight is 267 g/mol. The van der Waals surface area contributed by atoms with E-state index in [1.807, 2.05) is 0 Å². The lowest BCUT2D eigenvalue weighted by Gasteiger charge is -2.09. The monoisotopic (exact) mass is 266 g/mol. The predicted molar refractivity (Wildman–Crippen MR) is 72.8 cm³/mol. The van der Waals surface area contributed by atoms with E-state index in [1.54, 1.807) is 12.1 Å². The summed E-state index contributed by atoms with van der Waals surface area (Å²) in [5.74, 6) is 0.824. The van der Waals surface area contributed by atoms with Gasteiger partial charge in [-0.2, -0.15) is 0 Å². The van der Waals surface area contributed by atoms with Crippen molar-refractivity contribution in [3.8, 4) is 0 Å². The van der Waals surface area contributed by atoms with Gasteiger partial charge >= 0.3 is 0 Å². The first-order chi connectivity index (χ1) is 8.75. The van der Waals surface area contributed by atoms with Crippen molar-refractivity contribution < 1.29 is 4.79 Å². The Morgan fingerprint density at radius 3 is 2.83 bits per heavy atom. The van der Waals surface area contributed by atoms with Gasteiger partial charge in [0, 0.05) is 12.7 Å². The van der Waals surface area contributed by atoms with Gasteiger partial charge in [-0.25, -0.2) is 4.98 Å². The normalized spacial score (nSPS) is 15.8. The van der Waals surface area contributed by atoms with E-state index in [2.05, 4.69) is 10.3 Å². The van der Waals surface area contributed by atoms with E-state index in [9.17, 15) is 4.79 Å². The average Bonchev–Trinajstić information content (AvgIpc) is 2.88. The second-order valence-corrected chi connectivity index (χ2v) is 5.31. The number of hydrogen-bond donors (Lipinski definition) is 1. The Labute approximate surface area is 113 Å². The molecule has 0 spiro atoms. The predicted octanol–water partition coefficient (Wildman–Crippen LogP) is 3.44. The highest BCUT2D eigenvalue weighted by atomic mass is 35.5. The molecular weight excluding hydrogens is 248 g/mol. The Morgan fingerprint density at radius 1 is 1.39 bits per heavy atom. The van der Waals surface area contributed by atoms with E-state index in [-0.39, 0.29) is 5.91 Å². The third kappa shape index (κ3) is 3.98. The van der Waals surface area contributed by atoms with Crippen LogP contribution in [-0.4, -0.2) is 17.4 Å². The maximum Gasteiger partial charge on any atom is 0.252 e. The molecular formula is C14H19ClN2O. The summed E-state index contributed by atoms with van der Waals surface area (Å²) in [6.07, 6.45) is 9.32. The topological polar surface area (TPSA) is 42.0 Å². The molecule has 1 heterocycles. The van der Waals surface area contributed by atoms with Crippen molar-refractivity contribution in [2.24, 2.45) is 5.92 Å². The number of hydrogen-bond acceptors (Lipinski definition) is 2. The highest BCUT2D eigenvalue weighted by Gasteiger charge is 2.14. The van der Waals surface area contributed by atoms with Gasteiger partial charge in [-0.3, -0.25) is 4.79 Å². The van der Waals surface area contributed by atoms with Gasteiger partial charge in [-0.05, 0) is 30.9 Å². The second kappa shape index (κ2) is 6.74. The molecule has 1 aromatic heterocycles. The summed E-state index contributed by atoms with van der Waals surface area (Å²) in [4.78, 5) is 15.7. The van der Waals surface area contributed by atoms with Crippen LogP contribution < -0.4 is 5.32 Å². The fourth-order valence-electron chi connectivity index (χ4n) is 2.50. The molecule has 1 saturated carbocycles. The number of nitrogens with zero attached hydrogens (tertiary/aromatic N) is 1. The third-order valence-corrected chi connectivity index (χ3v) is 3.76. The number of halogens is 1. The first-order valence-electron chi connectivity index (χ1n) is 6.65. The van der Waals surface area contributed by atoms with Gasteiger partial charge in [-0.15, -0.1) is 0 Å². The lowest BCUT2D eigenvalue weighted by molar-refractivity contribution is 0.0952. The Hall–Kier alpha value is -1.09. The van der Waals surface area contributed by atoms with Gasteiger partial charge in [0.2, 0.25) is 0 Å². The maximum atomic E-state index is 11.8. The zero-order chi connectivity index (χ0) is 12.8. The van der Waals surface area contributed by atoms with E-state index >= 15 is 0 Å². The molecule has 0 radical (unpaired) electrons. The number of carbonyl (C=O) groups is 1. The van der Waals surface area contributed by atoms with Crippen molar-refractivity contribution in [1.29, 1.82) is 0 Å². The van der Waals surface area contributed by atoms with Crippen LogP contribution in [0, 0.1) is 5.92 Å². The van der Waals surface area contributed by atoms with Crippen molar-refractivity contribution in [3.63, 3.8) is 0 Å². The molecule has 0 bridgehead atoms. The molecule has 2 rings (SSSR count). The Balaban J connectivity index is 1.66. The number of nitrogens with one attached hydrogen (secondary N) is 1. The van der Waals surface area contributed by atoms with Gasteiger partial charge < -0.3 is 5.32 Å². The van der Waals surface area contributed by atoms with E-state index in [1.165, 1.54) is 38.3 Å². The van der Waals surface area contributed by atoms with Gasteiger partial charge in [0.15, 0.2) is 0 Å². The molecule has 0 aliphatic heterocycles.